The molecular formula is C11H11N3O. The number of aromatic amines is 1. The minimum Gasteiger partial charge on any atom is -0.366 e. The Bertz CT molecular complexity index is 488. The normalized spacial score (nSPS) is 10.2. The van der Waals surface area contributed by atoms with Crippen molar-refractivity contribution in [3.8, 4) is 11.3 Å². The number of nitrogens with zero attached hydrogens (tertiary/aromatic N) is 1. The number of pyridine rings is 1. The van der Waals surface area contributed by atoms with Crippen LogP contribution >= 0.6 is 0 Å². The molecule has 0 aromatic carbocycles. The van der Waals surface area contributed by atoms with Gasteiger partial charge in [0.15, 0.2) is 0 Å². The third-order valence-corrected chi connectivity index (χ3v) is 2.17. The first kappa shape index (κ1) is 9.45. The first-order chi connectivity index (χ1) is 7.18. The van der Waals surface area contributed by atoms with Gasteiger partial charge in [0.05, 0.1) is 11.3 Å². The van der Waals surface area contributed by atoms with Crippen LogP contribution in [0.2, 0.25) is 0 Å². The Balaban J connectivity index is 2.58. The molecule has 3 N–H and O–H groups in total. The van der Waals surface area contributed by atoms with E-state index in [1.165, 1.54) is 0 Å². The number of nitrogens with two attached hydrogens (primary N) is 1. The van der Waals surface area contributed by atoms with E-state index in [9.17, 15) is 4.79 Å². The Kier molecular flexibility index (Phi) is 2.25. The van der Waals surface area contributed by atoms with Crippen molar-refractivity contribution in [1.29, 1.82) is 0 Å². The third-order valence-electron chi connectivity index (χ3n) is 2.17. The second-order valence-electron chi connectivity index (χ2n) is 3.35. The summed E-state index contributed by atoms with van der Waals surface area (Å²) in [5.41, 5.74) is 8.28. The third kappa shape index (κ3) is 1.74. The molecule has 0 fully saturated rings. The highest BCUT2D eigenvalue weighted by Gasteiger charge is 2.12. The van der Waals surface area contributed by atoms with Crippen molar-refractivity contribution in [2.45, 2.75) is 6.92 Å². The standard InChI is InChI=1S/C11H11N3O/c1-7-5-9(11(12)15)10(14-7)8-3-2-4-13-6-8/h2-6,14H,1H3,(H2,12,15). The number of H-pyrrole nitrogens is 1. The molecule has 0 aliphatic heterocycles. The van der Waals surface area contributed by atoms with Crippen LogP contribution in [0.5, 0.6) is 0 Å². The van der Waals surface area contributed by atoms with Gasteiger partial charge in [-0.3, -0.25) is 9.78 Å². The van der Waals surface area contributed by atoms with E-state index in [0.717, 1.165) is 17.0 Å². The van der Waals surface area contributed by atoms with E-state index in [0.29, 0.717) is 5.56 Å². The van der Waals surface area contributed by atoms with Gasteiger partial charge >= 0.3 is 0 Å². The van der Waals surface area contributed by atoms with Gasteiger partial charge in [-0.2, -0.15) is 0 Å². The fourth-order valence-electron chi connectivity index (χ4n) is 1.52. The van der Waals surface area contributed by atoms with E-state index < -0.39 is 5.91 Å². The Morgan fingerprint density at radius 1 is 1.53 bits per heavy atom. The summed E-state index contributed by atoms with van der Waals surface area (Å²) < 4.78 is 0. The molecule has 15 heavy (non-hydrogen) atoms. The zero-order chi connectivity index (χ0) is 10.8. The lowest BCUT2D eigenvalue weighted by Crippen LogP contribution is -2.11. The summed E-state index contributed by atoms with van der Waals surface area (Å²) >= 11 is 0. The lowest BCUT2D eigenvalue weighted by atomic mass is 10.1. The van der Waals surface area contributed by atoms with Gasteiger partial charge in [-0.1, -0.05) is 0 Å². The molecule has 2 rings (SSSR count). The van der Waals surface area contributed by atoms with Crippen molar-refractivity contribution in [2.75, 3.05) is 0 Å². The van der Waals surface area contributed by atoms with Crippen LogP contribution in [-0.4, -0.2) is 15.9 Å². The molecule has 0 unspecified atom stereocenters. The zero-order valence-electron chi connectivity index (χ0n) is 8.32. The van der Waals surface area contributed by atoms with Crippen molar-refractivity contribution in [3.05, 3.63) is 41.9 Å². The summed E-state index contributed by atoms with van der Waals surface area (Å²) in [5.74, 6) is -0.432. The molecule has 2 heterocycles. The van der Waals surface area contributed by atoms with Crippen molar-refractivity contribution >= 4 is 5.91 Å². The second kappa shape index (κ2) is 3.57. The van der Waals surface area contributed by atoms with Crippen LogP contribution < -0.4 is 5.73 Å². The number of hydrogen-bond donors (Lipinski definition) is 2. The fourth-order valence-corrected chi connectivity index (χ4v) is 1.52. The Labute approximate surface area is 87.1 Å². The molecule has 76 valence electrons. The molecule has 0 aliphatic rings. The van der Waals surface area contributed by atoms with Crippen LogP contribution in [0, 0.1) is 6.92 Å². The topological polar surface area (TPSA) is 71.8 Å². The monoisotopic (exact) mass is 201 g/mol. The quantitative estimate of drug-likeness (QED) is 0.772. The molecular weight excluding hydrogens is 190 g/mol. The number of aromatic nitrogens is 2. The minimum absolute atomic E-state index is 0.432. The van der Waals surface area contributed by atoms with E-state index in [1.807, 2.05) is 19.1 Å². The molecule has 0 aliphatic carbocycles. The molecule has 2 aromatic heterocycles. The van der Waals surface area contributed by atoms with Crippen LogP contribution in [0.25, 0.3) is 11.3 Å². The number of carbonyl (C=O) groups is 1. The maximum Gasteiger partial charge on any atom is 0.250 e. The summed E-state index contributed by atoms with van der Waals surface area (Å²) in [6.45, 7) is 1.88. The summed E-state index contributed by atoms with van der Waals surface area (Å²) in [7, 11) is 0. The van der Waals surface area contributed by atoms with Crippen molar-refractivity contribution in [1.82, 2.24) is 9.97 Å². The number of hydrogen-bond acceptors (Lipinski definition) is 2. The molecule has 2 aromatic rings. The van der Waals surface area contributed by atoms with E-state index in [-0.39, 0.29) is 0 Å². The van der Waals surface area contributed by atoms with E-state index in [2.05, 4.69) is 9.97 Å². The number of aryl methyl sites for hydroxylation is 1. The lowest BCUT2D eigenvalue weighted by Gasteiger charge is -1.99. The molecule has 0 radical (unpaired) electrons. The first-order valence-electron chi connectivity index (χ1n) is 4.58. The highest BCUT2D eigenvalue weighted by atomic mass is 16.1. The highest BCUT2D eigenvalue weighted by Crippen LogP contribution is 2.22. The molecule has 0 spiro atoms. The number of primary amides is 1. The summed E-state index contributed by atoms with van der Waals surface area (Å²) in [6, 6.07) is 5.44. The minimum atomic E-state index is -0.432. The molecule has 0 saturated heterocycles. The van der Waals surface area contributed by atoms with Gasteiger partial charge in [0.2, 0.25) is 0 Å². The average molecular weight is 201 g/mol. The Morgan fingerprint density at radius 3 is 2.93 bits per heavy atom. The average Bonchev–Trinajstić information content (AvgIpc) is 2.62. The van der Waals surface area contributed by atoms with Crippen LogP contribution in [0.1, 0.15) is 16.1 Å². The van der Waals surface area contributed by atoms with Gasteiger partial charge in [0, 0.05) is 23.7 Å². The molecule has 4 heteroatoms. The molecule has 0 atom stereocenters. The molecule has 0 bridgehead atoms. The molecule has 0 saturated carbocycles. The Morgan fingerprint density at radius 2 is 2.33 bits per heavy atom. The van der Waals surface area contributed by atoms with Gasteiger partial charge < -0.3 is 10.7 Å². The smallest absolute Gasteiger partial charge is 0.250 e. The van der Waals surface area contributed by atoms with Crippen LogP contribution in [-0.2, 0) is 0 Å². The van der Waals surface area contributed by atoms with Gasteiger partial charge in [-0.25, -0.2) is 0 Å². The van der Waals surface area contributed by atoms with E-state index in [1.54, 1.807) is 18.5 Å². The van der Waals surface area contributed by atoms with Crippen LogP contribution in [0.15, 0.2) is 30.6 Å². The number of rotatable bonds is 2. The fraction of sp³-hybridized carbons (Fsp3) is 0.0909. The van der Waals surface area contributed by atoms with E-state index in [4.69, 9.17) is 5.73 Å². The van der Waals surface area contributed by atoms with Crippen LogP contribution in [0.3, 0.4) is 0 Å². The second-order valence-corrected chi connectivity index (χ2v) is 3.35. The van der Waals surface area contributed by atoms with Crippen molar-refractivity contribution < 1.29 is 4.79 Å². The maximum atomic E-state index is 11.2. The summed E-state index contributed by atoms with van der Waals surface area (Å²) in [5, 5.41) is 0. The van der Waals surface area contributed by atoms with Gasteiger partial charge in [0.25, 0.3) is 5.91 Å². The largest absolute Gasteiger partial charge is 0.366 e. The number of carbonyl (C=O) groups excluding carboxylic acids is 1. The SMILES string of the molecule is Cc1cc(C(N)=O)c(-c2cccnc2)[nH]1. The summed E-state index contributed by atoms with van der Waals surface area (Å²) in [4.78, 5) is 18.3. The number of nitrogens with one attached hydrogen (secondary N) is 1. The first-order valence-corrected chi connectivity index (χ1v) is 4.58. The summed E-state index contributed by atoms with van der Waals surface area (Å²) in [6.07, 6.45) is 3.38. The predicted octanol–water partition coefficient (Wildman–Crippen LogP) is 1.48. The van der Waals surface area contributed by atoms with Crippen molar-refractivity contribution in [3.63, 3.8) is 0 Å². The maximum absolute atomic E-state index is 11.2. The van der Waals surface area contributed by atoms with Crippen molar-refractivity contribution in [2.24, 2.45) is 5.73 Å². The Hall–Kier alpha value is -2.10. The van der Waals surface area contributed by atoms with E-state index >= 15 is 0 Å². The lowest BCUT2D eigenvalue weighted by molar-refractivity contribution is 0.100. The molecule has 1 amide bonds. The zero-order valence-corrected chi connectivity index (χ0v) is 8.32. The predicted molar refractivity (Wildman–Crippen MR) is 57.3 cm³/mol. The van der Waals surface area contributed by atoms with Gasteiger partial charge in [-0.15, -0.1) is 0 Å². The van der Waals surface area contributed by atoms with Gasteiger partial charge in [0.1, 0.15) is 0 Å². The van der Waals surface area contributed by atoms with Crippen LogP contribution in [0.4, 0.5) is 0 Å². The number of amides is 1. The highest BCUT2D eigenvalue weighted by molar-refractivity contribution is 5.99. The van der Waals surface area contributed by atoms with Gasteiger partial charge in [-0.05, 0) is 25.1 Å². The molecule has 4 nitrogen and oxygen atoms in total.